The minimum atomic E-state index is 0.633. The first kappa shape index (κ1) is 8.50. The Morgan fingerprint density at radius 1 is 1.23 bits per heavy atom. The number of anilines is 1. The van der Waals surface area contributed by atoms with Crippen LogP contribution in [0.2, 0.25) is 0 Å². The fourth-order valence-electron chi connectivity index (χ4n) is 1.42. The molecule has 1 aliphatic heterocycles. The Kier molecular flexibility index (Phi) is 2.18. The van der Waals surface area contributed by atoms with E-state index in [1.807, 2.05) is 6.92 Å². The van der Waals surface area contributed by atoms with Crippen LogP contribution in [0.15, 0.2) is 4.52 Å². The Morgan fingerprint density at radius 3 is 2.46 bits per heavy atom. The van der Waals surface area contributed by atoms with E-state index in [0.717, 1.165) is 32.1 Å². The van der Waals surface area contributed by atoms with Crippen LogP contribution in [0.5, 0.6) is 0 Å². The van der Waals surface area contributed by atoms with Crippen LogP contribution in [0.4, 0.5) is 5.95 Å². The number of piperazine rings is 1. The molecular formula is C8H14N4O. The number of hydrogen-bond acceptors (Lipinski definition) is 5. The third kappa shape index (κ3) is 1.80. The smallest absolute Gasteiger partial charge is 0.266 e. The summed E-state index contributed by atoms with van der Waals surface area (Å²) in [5, 5.41) is 3.89. The summed E-state index contributed by atoms with van der Waals surface area (Å²) >= 11 is 0. The van der Waals surface area contributed by atoms with Gasteiger partial charge in [0.1, 0.15) is 0 Å². The molecule has 2 rings (SSSR count). The molecule has 72 valence electrons. The van der Waals surface area contributed by atoms with Gasteiger partial charge in [0.25, 0.3) is 5.95 Å². The second-order valence-electron chi connectivity index (χ2n) is 3.40. The number of aryl methyl sites for hydroxylation is 1. The van der Waals surface area contributed by atoms with Crippen LogP contribution in [0.1, 0.15) is 5.89 Å². The lowest BCUT2D eigenvalue weighted by Gasteiger charge is -2.31. The lowest BCUT2D eigenvalue weighted by atomic mass is 10.3. The van der Waals surface area contributed by atoms with Crippen molar-refractivity contribution in [2.45, 2.75) is 6.92 Å². The Balaban J connectivity index is 2.02. The van der Waals surface area contributed by atoms with E-state index in [-0.39, 0.29) is 0 Å². The minimum absolute atomic E-state index is 0.633. The van der Waals surface area contributed by atoms with Gasteiger partial charge in [0.2, 0.25) is 5.89 Å². The molecule has 1 saturated heterocycles. The predicted molar refractivity (Wildman–Crippen MR) is 48.7 cm³/mol. The summed E-state index contributed by atoms with van der Waals surface area (Å²) in [6, 6.07) is 0. The van der Waals surface area contributed by atoms with Crippen LogP contribution in [-0.2, 0) is 0 Å². The highest BCUT2D eigenvalue weighted by Crippen LogP contribution is 2.10. The van der Waals surface area contributed by atoms with Crippen molar-refractivity contribution in [1.82, 2.24) is 15.0 Å². The van der Waals surface area contributed by atoms with Gasteiger partial charge in [-0.1, -0.05) is 0 Å². The van der Waals surface area contributed by atoms with Crippen molar-refractivity contribution in [3.05, 3.63) is 5.89 Å². The van der Waals surface area contributed by atoms with Crippen molar-refractivity contribution in [1.29, 1.82) is 0 Å². The van der Waals surface area contributed by atoms with E-state index < -0.39 is 0 Å². The van der Waals surface area contributed by atoms with Crippen LogP contribution in [0, 0.1) is 6.92 Å². The molecule has 2 heterocycles. The van der Waals surface area contributed by atoms with E-state index in [9.17, 15) is 0 Å². The highest BCUT2D eigenvalue weighted by Gasteiger charge is 2.17. The third-order valence-corrected chi connectivity index (χ3v) is 2.30. The Bertz CT molecular complexity index is 277. The summed E-state index contributed by atoms with van der Waals surface area (Å²) in [7, 11) is 2.12. The van der Waals surface area contributed by atoms with Gasteiger partial charge in [0, 0.05) is 33.1 Å². The molecule has 0 radical (unpaired) electrons. The number of nitrogens with zero attached hydrogens (tertiary/aromatic N) is 4. The van der Waals surface area contributed by atoms with E-state index in [1.54, 1.807) is 0 Å². The molecule has 13 heavy (non-hydrogen) atoms. The molecule has 1 aliphatic rings. The molecule has 1 fully saturated rings. The number of likely N-dealkylation sites (N-methyl/N-ethyl adjacent to an activating group) is 1. The summed E-state index contributed by atoms with van der Waals surface area (Å²) in [4.78, 5) is 8.63. The first-order chi connectivity index (χ1) is 6.25. The SMILES string of the molecule is Cc1nc(N2CCN(C)CC2)no1. The first-order valence-corrected chi connectivity index (χ1v) is 4.49. The molecule has 0 spiro atoms. The second kappa shape index (κ2) is 3.33. The quantitative estimate of drug-likeness (QED) is 0.617. The number of aromatic nitrogens is 2. The zero-order valence-corrected chi connectivity index (χ0v) is 8.03. The van der Waals surface area contributed by atoms with Gasteiger partial charge in [-0.25, -0.2) is 0 Å². The third-order valence-electron chi connectivity index (χ3n) is 2.30. The van der Waals surface area contributed by atoms with Gasteiger partial charge in [-0.3, -0.25) is 0 Å². The number of rotatable bonds is 1. The standard InChI is InChI=1S/C8H14N4O/c1-7-9-8(10-13-7)12-5-3-11(2)4-6-12/h3-6H2,1-2H3. The predicted octanol–water partition coefficient (Wildman–Crippen LogP) is 0.130. The lowest BCUT2D eigenvalue weighted by Crippen LogP contribution is -2.44. The Labute approximate surface area is 77.3 Å². The molecule has 1 aromatic rings. The van der Waals surface area contributed by atoms with Gasteiger partial charge < -0.3 is 14.3 Å². The molecule has 0 N–H and O–H groups in total. The fraction of sp³-hybridized carbons (Fsp3) is 0.750. The van der Waals surface area contributed by atoms with E-state index in [4.69, 9.17) is 4.52 Å². The fourth-order valence-corrected chi connectivity index (χ4v) is 1.42. The largest absolute Gasteiger partial charge is 0.338 e. The summed E-state index contributed by atoms with van der Waals surface area (Å²) in [6.07, 6.45) is 0. The first-order valence-electron chi connectivity index (χ1n) is 4.49. The maximum absolute atomic E-state index is 4.93. The van der Waals surface area contributed by atoms with Gasteiger partial charge >= 0.3 is 0 Å². The normalized spacial score (nSPS) is 19.4. The van der Waals surface area contributed by atoms with Gasteiger partial charge in [0.05, 0.1) is 0 Å². The van der Waals surface area contributed by atoms with Crippen molar-refractivity contribution < 1.29 is 4.52 Å². The maximum Gasteiger partial charge on any atom is 0.266 e. The van der Waals surface area contributed by atoms with Crippen LogP contribution in [0.25, 0.3) is 0 Å². The van der Waals surface area contributed by atoms with Crippen LogP contribution in [0.3, 0.4) is 0 Å². The molecular weight excluding hydrogens is 168 g/mol. The Hall–Kier alpha value is -1.10. The highest BCUT2D eigenvalue weighted by molar-refractivity contribution is 5.28. The molecule has 0 saturated carbocycles. The molecule has 0 atom stereocenters. The van der Waals surface area contributed by atoms with Crippen LogP contribution in [-0.4, -0.2) is 48.3 Å². The minimum Gasteiger partial charge on any atom is -0.338 e. The van der Waals surface area contributed by atoms with Gasteiger partial charge in [-0.15, -0.1) is 0 Å². The average molecular weight is 182 g/mol. The molecule has 0 aliphatic carbocycles. The topological polar surface area (TPSA) is 45.4 Å². The molecule has 0 amide bonds. The van der Waals surface area contributed by atoms with Crippen LogP contribution < -0.4 is 4.90 Å². The van der Waals surface area contributed by atoms with Crippen molar-refractivity contribution in [3.8, 4) is 0 Å². The lowest BCUT2D eigenvalue weighted by molar-refractivity contribution is 0.309. The van der Waals surface area contributed by atoms with Crippen molar-refractivity contribution in [2.75, 3.05) is 38.1 Å². The van der Waals surface area contributed by atoms with Gasteiger partial charge in [-0.05, 0) is 12.2 Å². The van der Waals surface area contributed by atoms with Crippen LogP contribution >= 0.6 is 0 Å². The van der Waals surface area contributed by atoms with E-state index in [1.165, 1.54) is 0 Å². The molecule has 0 unspecified atom stereocenters. The summed E-state index contributed by atoms with van der Waals surface area (Å²) in [6.45, 7) is 5.90. The summed E-state index contributed by atoms with van der Waals surface area (Å²) < 4.78 is 4.93. The van der Waals surface area contributed by atoms with Gasteiger partial charge in [0.15, 0.2) is 0 Å². The average Bonchev–Trinajstić information content (AvgIpc) is 2.53. The summed E-state index contributed by atoms with van der Waals surface area (Å²) in [5.41, 5.74) is 0. The van der Waals surface area contributed by atoms with E-state index in [2.05, 4.69) is 27.0 Å². The van der Waals surface area contributed by atoms with Crippen molar-refractivity contribution in [3.63, 3.8) is 0 Å². The second-order valence-corrected chi connectivity index (χ2v) is 3.40. The van der Waals surface area contributed by atoms with E-state index >= 15 is 0 Å². The van der Waals surface area contributed by atoms with E-state index in [0.29, 0.717) is 5.89 Å². The zero-order valence-electron chi connectivity index (χ0n) is 8.03. The van der Waals surface area contributed by atoms with Gasteiger partial charge in [-0.2, -0.15) is 4.98 Å². The molecule has 0 bridgehead atoms. The molecule has 1 aromatic heterocycles. The van der Waals surface area contributed by atoms with Crippen molar-refractivity contribution >= 4 is 5.95 Å². The Morgan fingerprint density at radius 2 is 1.92 bits per heavy atom. The maximum atomic E-state index is 4.93. The zero-order chi connectivity index (χ0) is 9.26. The molecule has 5 heteroatoms. The monoisotopic (exact) mass is 182 g/mol. The highest BCUT2D eigenvalue weighted by atomic mass is 16.5. The number of hydrogen-bond donors (Lipinski definition) is 0. The van der Waals surface area contributed by atoms with Crippen molar-refractivity contribution in [2.24, 2.45) is 0 Å². The molecule has 0 aromatic carbocycles. The molecule has 5 nitrogen and oxygen atoms in total. The summed E-state index contributed by atoms with van der Waals surface area (Å²) in [5.74, 6) is 1.36.